The summed E-state index contributed by atoms with van der Waals surface area (Å²) in [5.74, 6) is -0.908. The van der Waals surface area contributed by atoms with Crippen LogP contribution in [0.3, 0.4) is 0 Å². The molecule has 0 unspecified atom stereocenters. The number of ether oxygens (including phenoxy) is 1. The first-order valence-corrected chi connectivity index (χ1v) is 9.16. The molecule has 10 heteroatoms. The van der Waals surface area contributed by atoms with Gasteiger partial charge in [-0.1, -0.05) is 0 Å². The maximum absolute atomic E-state index is 12.3. The van der Waals surface area contributed by atoms with Crippen LogP contribution in [-0.4, -0.2) is 68.5 Å². The van der Waals surface area contributed by atoms with E-state index in [1.54, 1.807) is 4.90 Å². The Balaban J connectivity index is 1.93. The van der Waals surface area contributed by atoms with Crippen LogP contribution in [0.1, 0.15) is 0 Å². The number of hydrogen-bond donors (Lipinski definition) is 0. The van der Waals surface area contributed by atoms with Gasteiger partial charge < -0.3 is 14.1 Å². The molecule has 3 rings (SSSR count). The lowest BCUT2D eigenvalue weighted by atomic mass is 10.3. The van der Waals surface area contributed by atoms with E-state index in [1.165, 1.54) is 36.9 Å². The SMILES string of the molecule is CN(C)S(=O)(=O)c1ccc2c(c1)oc(=O)n2CC(=O)N1CCOCC1. The highest BCUT2D eigenvalue weighted by atomic mass is 32.2. The van der Waals surface area contributed by atoms with Crippen LogP contribution >= 0.6 is 0 Å². The van der Waals surface area contributed by atoms with E-state index in [0.717, 1.165) is 4.31 Å². The number of benzene rings is 1. The Labute approximate surface area is 144 Å². The van der Waals surface area contributed by atoms with Crippen molar-refractivity contribution in [2.45, 2.75) is 11.4 Å². The molecule has 1 saturated heterocycles. The molecule has 25 heavy (non-hydrogen) atoms. The average molecular weight is 369 g/mol. The smallest absolute Gasteiger partial charge is 0.408 e. The van der Waals surface area contributed by atoms with Crippen LogP contribution in [0.2, 0.25) is 0 Å². The van der Waals surface area contributed by atoms with E-state index >= 15 is 0 Å². The predicted octanol–water partition coefficient (Wildman–Crippen LogP) is -0.296. The molecule has 1 aromatic heterocycles. The number of rotatable bonds is 4. The van der Waals surface area contributed by atoms with E-state index in [0.29, 0.717) is 31.8 Å². The second kappa shape index (κ2) is 6.62. The molecular weight excluding hydrogens is 350 g/mol. The van der Waals surface area contributed by atoms with E-state index in [2.05, 4.69) is 0 Å². The second-order valence-corrected chi connectivity index (χ2v) is 8.02. The van der Waals surface area contributed by atoms with Crippen LogP contribution in [0.25, 0.3) is 11.1 Å². The van der Waals surface area contributed by atoms with E-state index in [4.69, 9.17) is 9.15 Å². The van der Waals surface area contributed by atoms with Crippen LogP contribution in [0.15, 0.2) is 32.3 Å². The Morgan fingerprint density at radius 1 is 1.24 bits per heavy atom. The van der Waals surface area contributed by atoms with Gasteiger partial charge in [0.1, 0.15) is 6.54 Å². The third-order valence-electron chi connectivity index (χ3n) is 4.08. The summed E-state index contributed by atoms with van der Waals surface area (Å²) >= 11 is 0. The summed E-state index contributed by atoms with van der Waals surface area (Å²) in [6.45, 7) is 1.74. The quantitative estimate of drug-likeness (QED) is 0.733. The van der Waals surface area contributed by atoms with Gasteiger partial charge >= 0.3 is 5.76 Å². The number of carbonyl (C=O) groups excluding carboxylic acids is 1. The van der Waals surface area contributed by atoms with E-state index in [9.17, 15) is 18.0 Å². The van der Waals surface area contributed by atoms with Crippen molar-refractivity contribution in [2.24, 2.45) is 0 Å². The first-order chi connectivity index (χ1) is 11.8. The number of morpholine rings is 1. The van der Waals surface area contributed by atoms with Crippen molar-refractivity contribution in [1.82, 2.24) is 13.8 Å². The molecule has 0 saturated carbocycles. The molecule has 0 radical (unpaired) electrons. The number of amides is 1. The van der Waals surface area contributed by atoms with Gasteiger partial charge in [0.15, 0.2) is 5.58 Å². The molecule has 0 N–H and O–H groups in total. The zero-order chi connectivity index (χ0) is 18.2. The fourth-order valence-electron chi connectivity index (χ4n) is 2.62. The van der Waals surface area contributed by atoms with E-state index < -0.39 is 15.8 Å². The summed E-state index contributed by atoms with van der Waals surface area (Å²) in [6, 6.07) is 4.16. The molecule has 0 atom stereocenters. The number of fused-ring (bicyclic) bond motifs is 1. The summed E-state index contributed by atoms with van der Waals surface area (Å²) in [5, 5.41) is 0. The van der Waals surface area contributed by atoms with Gasteiger partial charge in [-0.2, -0.15) is 0 Å². The van der Waals surface area contributed by atoms with Gasteiger partial charge in [0.2, 0.25) is 15.9 Å². The van der Waals surface area contributed by atoms with Crippen LogP contribution in [0, 0.1) is 0 Å². The number of hydrogen-bond acceptors (Lipinski definition) is 6. The van der Waals surface area contributed by atoms with Crippen molar-refractivity contribution in [1.29, 1.82) is 0 Å². The lowest BCUT2D eigenvalue weighted by Crippen LogP contribution is -2.43. The first kappa shape index (κ1) is 17.6. The Morgan fingerprint density at radius 3 is 2.56 bits per heavy atom. The van der Waals surface area contributed by atoms with Crippen molar-refractivity contribution in [3.63, 3.8) is 0 Å². The standard InChI is InChI=1S/C15H19N3O6S/c1-16(2)25(21,22)11-3-4-12-13(9-11)24-15(20)18(12)10-14(19)17-5-7-23-8-6-17/h3-4,9H,5-8,10H2,1-2H3. The molecule has 0 bridgehead atoms. The molecule has 2 heterocycles. The molecular formula is C15H19N3O6S. The van der Waals surface area contributed by atoms with Gasteiger partial charge in [-0.15, -0.1) is 0 Å². The Bertz CT molecular complexity index is 953. The molecule has 1 fully saturated rings. The minimum absolute atomic E-state index is 0.0189. The molecule has 0 spiro atoms. The Morgan fingerprint density at radius 2 is 1.92 bits per heavy atom. The number of oxazole rings is 1. The van der Waals surface area contributed by atoms with Crippen molar-refractivity contribution in [3.05, 3.63) is 28.7 Å². The van der Waals surface area contributed by atoms with Gasteiger partial charge in [-0.05, 0) is 12.1 Å². The monoisotopic (exact) mass is 369 g/mol. The maximum atomic E-state index is 12.3. The first-order valence-electron chi connectivity index (χ1n) is 7.72. The van der Waals surface area contributed by atoms with Gasteiger partial charge in [-0.25, -0.2) is 17.5 Å². The molecule has 2 aromatic rings. The normalized spacial score (nSPS) is 15.9. The van der Waals surface area contributed by atoms with E-state index in [1.807, 2.05) is 0 Å². The zero-order valence-electron chi connectivity index (χ0n) is 14.0. The Hall–Kier alpha value is -2.17. The number of sulfonamides is 1. The minimum Gasteiger partial charge on any atom is -0.408 e. The third kappa shape index (κ3) is 3.32. The minimum atomic E-state index is -3.64. The van der Waals surface area contributed by atoms with Gasteiger partial charge in [0.05, 0.1) is 23.6 Å². The second-order valence-electron chi connectivity index (χ2n) is 5.86. The number of nitrogens with zero attached hydrogens (tertiary/aromatic N) is 3. The molecule has 0 aliphatic carbocycles. The summed E-state index contributed by atoms with van der Waals surface area (Å²) in [6.07, 6.45) is 0. The molecule has 9 nitrogen and oxygen atoms in total. The number of aromatic nitrogens is 1. The van der Waals surface area contributed by atoms with E-state index in [-0.39, 0.29) is 22.9 Å². The van der Waals surface area contributed by atoms with Crippen LogP contribution in [-0.2, 0) is 26.1 Å². The van der Waals surface area contributed by atoms with Gasteiger partial charge in [0.25, 0.3) is 0 Å². The third-order valence-corrected chi connectivity index (χ3v) is 5.89. The fourth-order valence-corrected chi connectivity index (χ4v) is 3.53. The number of carbonyl (C=O) groups is 1. The molecule has 1 amide bonds. The lowest BCUT2D eigenvalue weighted by molar-refractivity contribution is -0.135. The summed E-state index contributed by atoms with van der Waals surface area (Å²) in [7, 11) is -0.802. The van der Waals surface area contributed by atoms with Gasteiger partial charge in [0, 0.05) is 33.3 Å². The molecule has 136 valence electrons. The highest BCUT2D eigenvalue weighted by Crippen LogP contribution is 2.20. The van der Waals surface area contributed by atoms with Crippen molar-refractivity contribution >= 4 is 27.0 Å². The topological polar surface area (TPSA) is 102 Å². The lowest BCUT2D eigenvalue weighted by Gasteiger charge is -2.26. The molecule has 1 aliphatic heterocycles. The van der Waals surface area contributed by atoms with Crippen LogP contribution < -0.4 is 5.76 Å². The summed E-state index contributed by atoms with van der Waals surface area (Å²) in [5.41, 5.74) is 0.506. The molecule has 1 aliphatic rings. The highest BCUT2D eigenvalue weighted by molar-refractivity contribution is 7.89. The van der Waals surface area contributed by atoms with Crippen molar-refractivity contribution < 1.29 is 22.4 Å². The average Bonchev–Trinajstić information content (AvgIpc) is 2.90. The Kier molecular flexibility index (Phi) is 4.67. The zero-order valence-corrected chi connectivity index (χ0v) is 14.8. The van der Waals surface area contributed by atoms with Crippen molar-refractivity contribution in [2.75, 3.05) is 40.4 Å². The summed E-state index contributed by atoms with van der Waals surface area (Å²) < 4.78 is 37.0. The highest BCUT2D eigenvalue weighted by Gasteiger charge is 2.22. The fraction of sp³-hybridized carbons (Fsp3) is 0.467. The molecule has 1 aromatic carbocycles. The maximum Gasteiger partial charge on any atom is 0.420 e. The van der Waals surface area contributed by atoms with Gasteiger partial charge in [-0.3, -0.25) is 9.36 Å². The van der Waals surface area contributed by atoms with Crippen molar-refractivity contribution in [3.8, 4) is 0 Å². The summed E-state index contributed by atoms with van der Waals surface area (Å²) in [4.78, 5) is 26.1. The van der Waals surface area contributed by atoms with Crippen LogP contribution in [0.5, 0.6) is 0 Å². The largest absolute Gasteiger partial charge is 0.420 e. The predicted molar refractivity (Wildman–Crippen MR) is 88.7 cm³/mol. The van der Waals surface area contributed by atoms with Crippen LogP contribution in [0.4, 0.5) is 0 Å².